The maximum absolute atomic E-state index is 10.8. The van der Waals surface area contributed by atoms with Crippen LogP contribution in [-0.4, -0.2) is 16.2 Å². The van der Waals surface area contributed by atoms with Crippen molar-refractivity contribution in [1.29, 1.82) is 0 Å². The van der Waals surface area contributed by atoms with E-state index in [-0.39, 0.29) is 0 Å². The number of carbonyl (C=O) groups is 1. The van der Waals surface area contributed by atoms with Crippen LogP contribution in [0.5, 0.6) is 0 Å². The normalized spacial score (nSPS) is 12.9. The molecule has 1 aromatic carbocycles. The Bertz CT molecular complexity index is 516. The van der Waals surface area contributed by atoms with E-state index in [9.17, 15) is 4.79 Å². The molecule has 0 aliphatic heterocycles. The molecule has 0 aliphatic rings. The SMILES string of the molecule is Cc1onc2ccc(C(C)C(=O)O)cc12. The molecule has 0 saturated heterocycles. The first-order valence-electron chi connectivity index (χ1n) is 4.68. The summed E-state index contributed by atoms with van der Waals surface area (Å²) < 4.78 is 5.01. The van der Waals surface area contributed by atoms with Gasteiger partial charge in [-0.1, -0.05) is 11.2 Å². The Morgan fingerprint density at radius 2 is 2.27 bits per heavy atom. The number of hydrogen-bond donors (Lipinski definition) is 1. The van der Waals surface area contributed by atoms with Crippen LogP contribution in [0.25, 0.3) is 10.9 Å². The van der Waals surface area contributed by atoms with Crippen LogP contribution in [0, 0.1) is 6.92 Å². The molecule has 0 spiro atoms. The molecule has 1 N–H and O–H groups in total. The fourth-order valence-electron chi connectivity index (χ4n) is 1.49. The van der Waals surface area contributed by atoms with Gasteiger partial charge in [0.05, 0.1) is 5.92 Å². The van der Waals surface area contributed by atoms with Crippen LogP contribution in [0.1, 0.15) is 24.2 Å². The third-order valence-electron chi connectivity index (χ3n) is 2.55. The van der Waals surface area contributed by atoms with Crippen LogP contribution in [0.15, 0.2) is 22.7 Å². The van der Waals surface area contributed by atoms with E-state index in [4.69, 9.17) is 9.63 Å². The number of aliphatic carboxylic acids is 1. The Hall–Kier alpha value is -1.84. The van der Waals surface area contributed by atoms with E-state index in [1.165, 1.54) is 0 Å². The van der Waals surface area contributed by atoms with E-state index >= 15 is 0 Å². The highest BCUT2D eigenvalue weighted by Gasteiger charge is 2.15. The summed E-state index contributed by atoms with van der Waals surface area (Å²) in [7, 11) is 0. The topological polar surface area (TPSA) is 63.3 Å². The van der Waals surface area contributed by atoms with Gasteiger partial charge in [0.15, 0.2) is 0 Å². The molecular formula is C11H11NO3. The van der Waals surface area contributed by atoms with E-state index in [2.05, 4.69) is 5.16 Å². The maximum Gasteiger partial charge on any atom is 0.310 e. The van der Waals surface area contributed by atoms with E-state index in [1.54, 1.807) is 19.1 Å². The molecule has 1 heterocycles. The van der Waals surface area contributed by atoms with Crippen LogP contribution >= 0.6 is 0 Å². The second-order valence-corrected chi connectivity index (χ2v) is 3.58. The summed E-state index contributed by atoms with van der Waals surface area (Å²) in [5, 5.41) is 13.6. The number of rotatable bonds is 2. The highest BCUT2D eigenvalue weighted by Crippen LogP contribution is 2.23. The van der Waals surface area contributed by atoms with Crippen LogP contribution in [0.4, 0.5) is 0 Å². The lowest BCUT2D eigenvalue weighted by molar-refractivity contribution is -0.138. The first-order chi connectivity index (χ1) is 7.09. The second-order valence-electron chi connectivity index (χ2n) is 3.58. The summed E-state index contributed by atoms with van der Waals surface area (Å²) >= 11 is 0. The molecule has 78 valence electrons. The first-order valence-corrected chi connectivity index (χ1v) is 4.68. The predicted molar refractivity (Wildman–Crippen MR) is 54.8 cm³/mol. The van der Waals surface area contributed by atoms with Gasteiger partial charge in [0.25, 0.3) is 0 Å². The number of carboxylic acids is 1. The van der Waals surface area contributed by atoms with E-state index in [1.807, 2.05) is 13.0 Å². The van der Waals surface area contributed by atoms with Crippen molar-refractivity contribution in [3.63, 3.8) is 0 Å². The largest absolute Gasteiger partial charge is 0.481 e. The minimum Gasteiger partial charge on any atom is -0.481 e. The summed E-state index contributed by atoms with van der Waals surface area (Å²) in [6.45, 7) is 3.47. The van der Waals surface area contributed by atoms with Crippen molar-refractivity contribution in [1.82, 2.24) is 5.16 Å². The summed E-state index contributed by atoms with van der Waals surface area (Å²) in [5.41, 5.74) is 1.52. The summed E-state index contributed by atoms with van der Waals surface area (Å²) in [5.74, 6) is -0.628. The van der Waals surface area contributed by atoms with Crippen molar-refractivity contribution in [3.05, 3.63) is 29.5 Å². The van der Waals surface area contributed by atoms with Crippen molar-refractivity contribution < 1.29 is 14.4 Å². The zero-order valence-corrected chi connectivity index (χ0v) is 8.52. The third-order valence-corrected chi connectivity index (χ3v) is 2.55. The van der Waals surface area contributed by atoms with Gasteiger partial charge in [-0.2, -0.15) is 0 Å². The second kappa shape index (κ2) is 3.38. The lowest BCUT2D eigenvalue weighted by Crippen LogP contribution is -2.06. The molecule has 0 saturated carbocycles. The summed E-state index contributed by atoms with van der Waals surface area (Å²) in [6.07, 6.45) is 0. The Labute approximate surface area is 86.5 Å². The van der Waals surface area contributed by atoms with E-state index < -0.39 is 11.9 Å². The zero-order valence-electron chi connectivity index (χ0n) is 8.52. The van der Waals surface area contributed by atoms with Crippen molar-refractivity contribution in [2.24, 2.45) is 0 Å². The molecule has 4 heteroatoms. The molecule has 1 unspecified atom stereocenters. The lowest BCUT2D eigenvalue weighted by atomic mass is 9.99. The predicted octanol–water partition coefficient (Wildman–Crippen LogP) is 2.32. The molecule has 1 atom stereocenters. The standard InChI is InChI=1S/C11H11NO3/c1-6(11(13)14)8-3-4-10-9(5-8)7(2)15-12-10/h3-6H,1-2H3,(H,13,14). The lowest BCUT2D eigenvalue weighted by Gasteiger charge is -2.05. The van der Waals surface area contributed by atoms with Crippen molar-refractivity contribution >= 4 is 16.9 Å². The summed E-state index contributed by atoms with van der Waals surface area (Å²) in [6, 6.07) is 5.36. The highest BCUT2D eigenvalue weighted by molar-refractivity contribution is 5.83. The number of aryl methyl sites for hydroxylation is 1. The van der Waals surface area contributed by atoms with Crippen molar-refractivity contribution in [2.45, 2.75) is 19.8 Å². The molecule has 0 bridgehead atoms. The smallest absolute Gasteiger partial charge is 0.310 e. The monoisotopic (exact) mass is 205 g/mol. The molecular weight excluding hydrogens is 194 g/mol. The van der Waals surface area contributed by atoms with Gasteiger partial charge in [0.2, 0.25) is 0 Å². The molecule has 15 heavy (non-hydrogen) atoms. The van der Waals surface area contributed by atoms with E-state index in [0.717, 1.165) is 16.5 Å². The Morgan fingerprint density at radius 1 is 1.53 bits per heavy atom. The van der Waals surface area contributed by atoms with Gasteiger partial charge in [-0.25, -0.2) is 0 Å². The number of benzene rings is 1. The summed E-state index contributed by atoms with van der Waals surface area (Å²) in [4.78, 5) is 10.8. The molecule has 2 rings (SSSR count). The van der Waals surface area contributed by atoms with Gasteiger partial charge in [-0.3, -0.25) is 4.79 Å². The molecule has 0 aliphatic carbocycles. The first kappa shape index (κ1) is 9.71. The zero-order chi connectivity index (χ0) is 11.0. The van der Waals surface area contributed by atoms with Crippen LogP contribution in [0.3, 0.4) is 0 Å². The third kappa shape index (κ3) is 1.58. The van der Waals surface area contributed by atoms with Gasteiger partial charge < -0.3 is 9.63 Å². The van der Waals surface area contributed by atoms with Crippen LogP contribution < -0.4 is 0 Å². The van der Waals surface area contributed by atoms with Gasteiger partial charge in [0.1, 0.15) is 11.3 Å². The van der Waals surface area contributed by atoms with Crippen LogP contribution in [0.2, 0.25) is 0 Å². The molecule has 1 aromatic heterocycles. The number of nitrogens with zero attached hydrogens (tertiary/aromatic N) is 1. The van der Waals surface area contributed by atoms with Gasteiger partial charge in [-0.15, -0.1) is 0 Å². The molecule has 0 radical (unpaired) electrons. The minimum atomic E-state index is -0.830. The molecule has 2 aromatic rings. The van der Waals surface area contributed by atoms with Gasteiger partial charge in [-0.05, 0) is 31.5 Å². The Morgan fingerprint density at radius 3 is 2.93 bits per heavy atom. The molecule has 0 amide bonds. The van der Waals surface area contributed by atoms with Crippen molar-refractivity contribution in [2.75, 3.05) is 0 Å². The quantitative estimate of drug-likeness (QED) is 0.817. The Balaban J connectivity index is 2.54. The number of hydrogen-bond acceptors (Lipinski definition) is 3. The van der Waals surface area contributed by atoms with Crippen LogP contribution in [-0.2, 0) is 4.79 Å². The number of aromatic nitrogens is 1. The molecule has 4 nitrogen and oxygen atoms in total. The molecule has 0 fully saturated rings. The highest BCUT2D eigenvalue weighted by atomic mass is 16.5. The average Bonchev–Trinajstić information content (AvgIpc) is 2.59. The van der Waals surface area contributed by atoms with Crippen molar-refractivity contribution in [3.8, 4) is 0 Å². The fraction of sp³-hybridized carbons (Fsp3) is 0.273. The fourth-order valence-corrected chi connectivity index (χ4v) is 1.49. The minimum absolute atomic E-state index is 0.510. The number of fused-ring (bicyclic) bond motifs is 1. The average molecular weight is 205 g/mol. The van der Waals surface area contributed by atoms with Gasteiger partial charge in [0, 0.05) is 5.39 Å². The van der Waals surface area contributed by atoms with E-state index in [0.29, 0.717) is 5.76 Å². The maximum atomic E-state index is 10.8. The number of carboxylic acid groups (broad SMARTS) is 1. The Kier molecular flexibility index (Phi) is 2.19. The van der Waals surface area contributed by atoms with Gasteiger partial charge >= 0.3 is 5.97 Å².